The van der Waals surface area contributed by atoms with E-state index in [9.17, 15) is 0 Å². The molecule has 0 saturated heterocycles. The van der Waals surface area contributed by atoms with Crippen molar-refractivity contribution in [3.8, 4) is 0 Å². The highest BCUT2D eigenvalue weighted by atomic mass is 35.5. The number of fused-ring (bicyclic) bond motifs is 1. The maximum Gasteiger partial charge on any atom is 0.161 e. The van der Waals surface area contributed by atoms with Gasteiger partial charge in [0.15, 0.2) is 5.65 Å². The molecule has 39 heavy (non-hydrogen) atoms. The van der Waals surface area contributed by atoms with Gasteiger partial charge in [-0.05, 0) is 43.9 Å². The van der Waals surface area contributed by atoms with E-state index >= 15 is 0 Å². The van der Waals surface area contributed by atoms with E-state index in [-0.39, 0.29) is 0 Å². The SMILES string of the molecule is Clc1nc2c(CC3CCCCCCC3)c(C3CCCCCCCCCC3)nn2c(Cl)c1C1CCCCCCC1. The molecule has 3 aliphatic carbocycles. The topological polar surface area (TPSA) is 30.2 Å². The van der Waals surface area contributed by atoms with Crippen LogP contribution in [0.3, 0.4) is 0 Å². The van der Waals surface area contributed by atoms with E-state index in [0.717, 1.165) is 41.5 Å². The first-order chi connectivity index (χ1) is 19.2. The summed E-state index contributed by atoms with van der Waals surface area (Å²) in [4.78, 5) is 5.16. The molecule has 218 valence electrons. The van der Waals surface area contributed by atoms with Crippen molar-refractivity contribution in [1.82, 2.24) is 14.6 Å². The van der Waals surface area contributed by atoms with Crippen molar-refractivity contribution in [2.45, 2.75) is 172 Å². The van der Waals surface area contributed by atoms with Crippen LogP contribution in [-0.4, -0.2) is 14.6 Å². The summed E-state index contributed by atoms with van der Waals surface area (Å²) in [7, 11) is 0. The second-order valence-electron chi connectivity index (χ2n) is 13.3. The zero-order chi connectivity index (χ0) is 26.9. The Labute approximate surface area is 248 Å². The van der Waals surface area contributed by atoms with E-state index < -0.39 is 0 Å². The van der Waals surface area contributed by atoms with E-state index in [1.165, 1.54) is 153 Å². The molecule has 2 aromatic rings. The number of rotatable bonds is 4. The van der Waals surface area contributed by atoms with Gasteiger partial charge in [-0.3, -0.25) is 0 Å². The van der Waals surface area contributed by atoms with E-state index in [1.807, 2.05) is 4.52 Å². The molecule has 3 saturated carbocycles. The lowest BCUT2D eigenvalue weighted by molar-refractivity contribution is 0.375. The molecule has 0 bridgehead atoms. The third-order valence-electron chi connectivity index (χ3n) is 10.3. The van der Waals surface area contributed by atoms with Gasteiger partial charge in [-0.25, -0.2) is 9.50 Å². The maximum atomic E-state index is 7.29. The van der Waals surface area contributed by atoms with Gasteiger partial charge in [-0.15, -0.1) is 0 Å². The van der Waals surface area contributed by atoms with Crippen molar-refractivity contribution in [3.63, 3.8) is 0 Å². The molecule has 3 aliphatic rings. The Kier molecular flexibility index (Phi) is 11.7. The van der Waals surface area contributed by atoms with E-state index in [0.29, 0.717) is 17.0 Å². The molecule has 3 fully saturated rings. The Morgan fingerprint density at radius 2 is 1.00 bits per heavy atom. The van der Waals surface area contributed by atoms with Crippen LogP contribution in [0.15, 0.2) is 0 Å². The summed E-state index contributed by atoms with van der Waals surface area (Å²) in [5.74, 6) is 1.65. The highest BCUT2D eigenvalue weighted by molar-refractivity contribution is 6.35. The summed E-state index contributed by atoms with van der Waals surface area (Å²) in [6.07, 6.45) is 33.0. The minimum Gasteiger partial charge on any atom is -0.216 e. The Balaban J connectivity index is 1.53. The monoisotopic (exact) mass is 573 g/mol. The largest absolute Gasteiger partial charge is 0.216 e. The molecule has 0 radical (unpaired) electrons. The number of hydrogen-bond acceptors (Lipinski definition) is 2. The fourth-order valence-corrected chi connectivity index (χ4v) is 8.69. The zero-order valence-corrected chi connectivity index (χ0v) is 26.0. The predicted molar refractivity (Wildman–Crippen MR) is 166 cm³/mol. The van der Waals surface area contributed by atoms with Crippen molar-refractivity contribution in [2.24, 2.45) is 5.92 Å². The molecule has 5 heteroatoms. The summed E-state index contributed by atoms with van der Waals surface area (Å²) in [5, 5.41) is 6.79. The molecular formula is C34H53Cl2N3. The maximum absolute atomic E-state index is 7.29. The summed E-state index contributed by atoms with van der Waals surface area (Å²) in [6.45, 7) is 0. The first kappa shape index (κ1) is 29.7. The van der Waals surface area contributed by atoms with Crippen LogP contribution in [0.2, 0.25) is 10.3 Å². The zero-order valence-electron chi connectivity index (χ0n) is 24.5. The predicted octanol–water partition coefficient (Wildman–Crippen LogP) is 11.8. The Morgan fingerprint density at radius 3 is 1.51 bits per heavy atom. The van der Waals surface area contributed by atoms with E-state index in [2.05, 4.69) is 0 Å². The number of nitrogens with zero attached hydrogens (tertiary/aromatic N) is 3. The normalized spacial score (nSPS) is 23.0. The van der Waals surface area contributed by atoms with Gasteiger partial charge in [0.25, 0.3) is 0 Å². The molecule has 0 aromatic carbocycles. The average molecular weight is 575 g/mol. The van der Waals surface area contributed by atoms with Crippen LogP contribution in [0, 0.1) is 5.92 Å². The van der Waals surface area contributed by atoms with Gasteiger partial charge in [0.1, 0.15) is 10.3 Å². The smallest absolute Gasteiger partial charge is 0.161 e. The minimum absolute atomic E-state index is 0.404. The standard InChI is InChI=1S/C34H53Cl2N3/c35-32-30(27-21-15-11-6-12-16-22-27)33(36)39-34(37-32)29(25-26-19-13-7-5-8-14-20-26)31(38-39)28-23-17-9-3-1-2-4-10-18-24-28/h26-28H,1-25H2. The second-order valence-corrected chi connectivity index (χ2v) is 14.0. The van der Waals surface area contributed by atoms with Crippen molar-refractivity contribution >= 4 is 28.8 Å². The molecule has 2 aromatic heterocycles. The summed E-state index contributed by atoms with van der Waals surface area (Å²) < 4.78 is 2.04. The average Bonchev–Trinajstić information content (AvgIpc) is 3.20. The van der Waals surface area contributed by atoms with Crippen LogP contribution in [0.5, 0.6) is 0 Å². The highest BCUT2D eigenvalue weighted by Crippen LogP contribution is 2.41. The van der Waals surface area contributed by atoms with Crippen LogP contribution in [-0.2, 0) is 6.42 Å². The van der Waals surface area contributed by atoms with Crippen LogP contribution in [0.25, 0.3) is 5.65 Å². The van der Waals surface area contributed by atoms with Crippen molar-refractivity contribution in [2.75, 3.05) is 0 Å². The first-order valence-electron chi connectivity index (χ1n) is 17.0. The number of aromatic nitrogens is 3. The number of hydrogen-bond donors (Lipinski definition) is 0. The Hall–Kier alpha value is -0.800. The summed E-state index contributed by atoms with van der Waals surface area (Å²) in [5.41, 5.74) is 4.73. The van der Waals surface area contributed by atoms with Crippen LogP contribution >= 0.6 is 23.2 Å². The lowest BCUT2D eigenvalue weighted by atomic mass is 9.83. The minimum atomic E-state index is 0.404. The Morgan fingerprint density at radius 1 is 0.564 bits per heavy atom. The fraction of sp³-hybridized carbons (Fsp3) is 0.824. The second kappa shape index (κ2) is 15.4. The van der Waals surface area contributed by atoms with Crippen LogP contribution < -0.4 is 0 Å². The van der Waals surface area contributed by atoms with E-state index in [1.54, 1.807) is 0 Å². The molecule has 0 unspecified atom stereocenters. The third-order valence-corrected chi connectivity index (χ3v) is 10.9. The molecule has 0 amide bonds. The van der Waals surface area contributed by atoms with Crippen molar-refractivity contribution in [1.29, 1.82) is 0 Å². The van der Waals surface area contributed by atoms with Crippen molar-refractivity contribution in [3.05, 3.63) is 27.1 Å². The van der Waals surface area contributed by atoms with Crippen LogP contribution in [0.1, 0.15) is 183 Å². The fourth-order valence-electron chi connectivity index (χ4n) is 7.96. The quantitative estimate of drug-likeness (QED) is 0.340. The van der Waals surface area contributed by atoms with Gasteiger partial charge in [0, 0.05) is 17.0 Å². The summed E-state index contributed by atoms with van der Waals surface area (Å²) >= 11 is 14.4. The molecule has 0 atom stereocenters. The van der Waals surface area contributed by atoms with Gasteiger partial charge in [0.05, 0.1) is 5.69 Å². The van der Waals surface area contributed by atoms with Gasteiger partial charge in [0.2, 0.25) is 0 Å². The molecule has 0 aliphatic heterocycles. The molecule has 5 rings (SSSR count). The highest BCUT2D eigenvalue weighted by Gasteiger charge is 2.29. The molecular weight excluding hydrogens is 521 g/mol. The van der Waals surface area contributed by atoms with E-state index in [4.69, 9.17) is 33.3 Å². The molecule has 2 heterocycles. The van der Waals surface area contributed by atoms with Gasteiger partial charge in [-0.1, -0.05) is 152 Å². The first-order valence-corrected chi connectivity index (χ1v) is 17.7. The van der Waals surface area contributed by atoms with Gasteiger partial charge >= 0.3 is 0 Å². The lowest BCUT2D eigenvalue weighted by Gasteiger charge is -2.22. The van der Waals surface area contributed by atoms with Crippen molar-refractivity contribution < 1.29 is 0 Å². The van der Waals surface area contributed by atoms with Crippen LogP contribution in [0.4, 0.5) is 0 Å². The number of halogens is 2. The summed E-state index contributed by atoms with van der Waals surface area (Å²) in [6, 6.07) is 0. The lowest BCUT2D eigenvalue weighted by Crippen LogP contribution is -2.11. The van der Waals surface area contributed by atoms with Gasteiger partial charge < -0.3 is 0 Å². The third kappa shape index (κ3) is 7.94. The molecule has 0 spiro atoms. The Bertz CT molecular complexity index is 1000. The molecule has 0 N–H and O–H groups in total. The molecule has 3 nitrogen and oxygen atoms in total. The van der Waals surface area contributed by atoms with Gasteiger partial charge in [-0.2, -0.15) is 5.10 Å².